The van der Waals surface area contributed by atoms with Crippen LogP contribution in [0.3, 0.4) is 0 Å². The van der Waals surface area contributed by atoms with Gasteiger partial charge in [-0.25, -0.2) is 4.79 Å². The Hall–Kier alpha value is -1.51. The van der Waals surface area contributed by atoms with Gasteiger partial charge in [-0.1, -0.05) is 6.92 Å². The quantitative estimate of drug-likeness (QED) is 0.421. The summed E-state index contributed by atoms with van der Waals surface area (Å²) < 4.78 is 30.4. The van der Waals surface area contributed by atoms with Crippen LogP contribution in [0, 0.1) is 34.0 Å². The van der Waals surface area contributed by atoms with E-state index >= 15 is 0 Å². The number of hydrogen-bond acceptors (Lipinski definition) is 8. The Balaban J connectivity index is 1.38. The molecule has 2 aliphatic carbocycles. The van der Waals surface area contributed by atoms with Crippen LogP contribution >= 0.6 is 0 Å². The summed E-state index contributed by atoms with van der Waals surface area (Å²) in [5.41, 5.74) is -3.26. The average Bonchev–Trinajstić information content (AvgIpc) is 3.26. The number of fused-ring (bicyclic) bond motifs is 1. The Bertz CT molecular complexity index is 1000. The fourth-order valence-electron chi connectivity index (χ4n) is 9.92. The maximum atomic E-state index is 14.3. The van der Waals surface area contributed by atoms with Crippen molar-refractivity contribution in [3.8, 4) is 0 Å². The molecule has 5 heterocycles. The van der Waals surface area contributed by atoms with Gasteiger partial charge in [0.1, 0.15) is 24.1 Å². The van der Waals surface area contributed by atoms with Gasteiger partial charge in [0.05, 0.1) is 30.1 Å². The molecule has 8 heteroatoms. The Morgan fingerprint density at radius 3 is 2.47 bits per heavy atom. The second-order valence-electron chi connectivity index (χ2n) is 12.8. The largest absolute Gasteiger partial charge is 0.465 e. The molecule has 7 rings (SSSR count). The molecule has 5 aliphatic heterocycles. The van der Waals surface area contributed by atoms with E-state index in [9.17, 15) is 14.4 Å². The molecule has 0 unspecified atom stereocenters. The Kier molecular flexibility index (Phi) is 3.99. The fraction of sp³-hybridized carbons (Fsp3) is 0.885. The lowest BCUT2D eigenvalue weighted by molar-refractivity contribution is -0.229. The van der Waals surface area contributed by atoms with Gasteiger partial charge in [0.15, 0.2) is 6.10 Å². The summed E-state index contributed by atoms with van der Waals surface area (Å²) in [6.45, 7) is 9.75. The number of ether oxygens (including phenoxy) is 5. The Morgan fingerprint density at radius 2 is 1.74 bits per heavy atom. The number of cyclic esters (lactones) is 2. The highest BCUT2D eigenvalue weighted by Crippen LogP contribution is 2.78. The summed E-state index contributed by atoms with van der Waals surface area (Å²) in [5.74, 6) is -0.484. The van der Waals surface area contributed by atoms with Crippen LogP contribution in [0.2, 0.25) is 0 Å². The molecule has 2 saturated carbocycles. The molecule has 7 aliphatic rings. The highest BCUT2D eigenvalue weighted by Gasteiger charge is 2.89. The van der Waals surface area contributed by atoms with E-state index in [0.29, 0.717) is 19.6 Å². The first-order valence-electron chi connectivity index (χ1n) is 12.9. The van der Waals surface area contributed by atoms with E-state index in [1.807, 2.05) is 20.8 Å². The zero-order valence-corrected chi connectivity index (χ0v) is 20.4. The third-order valence-corrected chi connectivity index (χ3v) is 11.3. The van der Waals surface area contributed by atoms with Gasteiger partial charge in [-0.15, -0.1) is 0 Å². The van der Waals surface area contributed by atoms with E-state index in [1.165, 1.54) is 0 Å². The summed E-state index contributed by atoms with van der Waals surface area (Å²) in [6, 6.07) is 0. The van der Waals surface area contributed by atoms with Gasteiger partial charge in [0.2, 0.25) is 0 Å². The Morgan fingerprint density at radius 1 is 0.941 bits per heavy atom. The predicted octanol–water partition coefficient (Wildman–Crippen LogP) is 2.21. The van der Waals surface area contributed by atoms with Gasteiger partial charge in [0.25, 0.3) is 0 Å². The second-order valence-corrected chi connectivity index (χ2v) is 12.8. The van der Waals surface area contributed by atoms with Crippen molar-refractivity contribution in [1.29, 1.82) is 0 Å². The molecule has 2 spiro atoms. The zero-order chi connectivity index (χ0) is 23.9. The van der Waals surface area contributed by atoms with Crippen LogP contribution < -0.4 is 0 Å². The zero-order valence-electron chi connectivity index (χ0n) is 20.4. The smallest absolute Gasteiger partial charge is 0.338 e. The molecule has 0 aromatic rings. The first-order chi connectivity index (χ1) is 16.0. The number of esters is 2. The number of ketones is 1. The number of epoxide rings is 1. The maximum absolute atomic E-state index is 14.3. The van der Waals surface area contributed by atoms with Crippen LogP contribution in [-0.2, 0) is 38.1 Å². The van der Waals surface area contributed by atoms with E-state index < -0.39 is 33.6 Å². The molecular formula is C26H34O8. The number of carbonyl (C=O) groups is 3. The maximum Gasteiger partial charge on any atom is 0.338 e. The van der Waals surface area contributed by atoms with Crippen molar-refractivity contribution in [1.82, 2.24) is 0 Å². The summed E-state index contributed by atoms with van der Waals surface area (Å²) >= 11 is 0. The van der Waals surface area contributed by atoms with Crippen molar-refractivity contribution >= 4 is 17.7 Å². The van der Waals surface area contributed by atoms with Gasteiger partial charge >= 0.3 is 11.9 Å². The number of hydrogen-bond donors (Lipinski definition) is 0. The summed E-state index contributed by atoms with van der Waals surface area (Å²) in [4.78, 5) is 39.7. The van der Waals surface area contributed by atoms with E-state index in [0.717, 1.165) is 19.3 Å². The normalized spacial score (nSPS) is 56.9. The first kappa shape index (κ1) is 21.7. The van der Waals surface area contributed by atoms with Crippen molar-refractivity contribution in [2.24, 2.45) is 34.0 Å². The van der Waals surface area contributed by atoms with Gasteiger partial charge in [-0.3, -0.25) is 9.59 Å². The number of Topliss-reactive ketones (excluding diaryl/α,β-unsaturated/α-hetero) is 1. The van der Waals surface area contributed by atoms with Crippen LogP contribution in [0.5, 0.6) is 0 Å². The molecule has 186 valence electrons. The van der Waals surface area contributed by atoms with Crippen LogP contribution in [0.25, 0.3) is 0 Å². The van der Waals surface area contributed by atoms with Crippen LogP contribution in [0.4, 0.5) is 0 Å². The van der Waals surface area contributed by atoms with Crippen molar-refractivity contribution in [2.75, 3.05) is 19.8 Å². The van der Waals surface area contributed by atoms with Crippen molar-refractivity contribution in [3.05, 3.63) is 0 Å². The van der Waals surface area contributed by atoms with E-state index in [1.54, 1.807) is 0 Å². The number of carbonyl (C=O) groups excluding carboxylic acids is 3. The van der Waals surface area contributed by atoms with Gasteiger partial charge < -0.3 is 23.7 Å². The highest BCUT2D eigenvalue weighted by atomic mass is 16.7. The van der Waals surface area contributed by atoms with Crippen LogP contribution in [0.15, 0.2) is 0 Å². The summed E-state index contributed by atoms with van der Waals surface area (Å²) in [6.07, 6.45) is 1.60. The monoisotopic (exact) mass is 474 g/mol. The molecule has 0 aromatic carbocycles. The van der Waals surface area contributed by atoms with Crippen LogP contribution in [0.1, 0.15) is 59.8 Å². The Labute approximate surface area is 199 Å². The molecule has 0 bridgehead atoms. The van der Waals surface area contributed by atoms with Gasteiger partial charge in [-0.05, 0) is 46.0 Å². The summed E-state index contributed by atoms with van der Waals surface area (Å²) in [5, 5.41) is 0. The predicted molar refractivity (Wildman–Crippen MR) is 115 cm³/mol. The SMILES string of the molecule is CC1(C)O[C@H]2CC(=O)OC[C@]23[C@H]2CC[C@@]4(C)[C@@H]([C@H]5CCOC5)OC(=O)[C@H]5O[C@]54[C@]2(C)C(=O)C[C@@H]13. The molecule has 0 amide bonds. The average molecular weight is 475 g/mol. The molecule has 7 fully saturated rings. The lowest BCUT2D eigenvalue weighted by atomic mass is 9.37. The van der Waals surface area contributed by atoms with E-state index in [2.05, 4.69) is 6.92 Å². The lowest BCUT2D eigenvalue weighted by Gasteiger charge is -2.65. The number of rotatable bonds is 1. The minimum absolute atomic E-state index is 0.0452. The molecule has 0 radical (unpaired) electrons. The van der Waals surface area contributed by atoms with Gasteiger partial charge in [-0.2, -0.15) is 0 Å². The molecule has 34 heavy (non-hydrogen) atoms. The third-order valence-electron chi connectivity index (χ3n) is 11.3. The molecule has 0 aromatic heterocycles. The standard InChI is InChI=1S/C26H34O8/c1-22(2)15-9-16(27)24(4)14(25(15)12-31-18(28)10-17(25)33-22)5-7-23(3)19(13-6-8-30-11-13)32-21(29)20-26(23,24)34-20/h13-15,17,19-20H,5-12H2,1-4H3/t13-,14-,15-,17-,19+,20+,23-,24-,25+,26+/m0/s1. The first-order valence-corrected chi connectivity index (χ1v) is 12.9. The topological polar surface area (TPSA) is 101 Å². The van der Waals surface area contributed by atoms with Gasteiger partial charge in [0, 0.05) is 35.7 Å². The molecule has 8 nitrogen and oxygen atoms in total. The fourth-order valence-corrected chi connectivity index (χ4v) is 9.92. The second kappa shape index (κ2) is 6.24. The molecule has 0 N–H and O–H groups in total. The third kappa shape index (κ3) is 2.13. The highest BCUT2D eigenvalue weighted by molar-refractivity contribution is 5.93. The van der Waals surface area contributed by atoms with Crippen LogP contribution in [-0.4, -0.2) is 67.1 Å². The van der Waals surface area contributed by atoms with E-state index in [-0.39, 0.29) is 60.7 Å². The van der Waals surface area contributed by atoms with Crippen molar-refractivity contribution < 1.29 is 38.1 Å². The summed E-state index contributed by atoms with van der Waals surface area (Å²) in [7, 11) is 0. The van der Waals surface area contributed by atoms with Crippen molar-refractivity contribution in [2.45, 2.75) is 89.3 Å². The van der Waals surface area contributed by atoms with Crippen molar-refractivity contribution in [3.63, 3.8) is 0 Å². The minimum atomic E-state index is -0.902. The minimum Gasteiger partial charge on any atom is -0.465 e. The molecular weight excluding hydrogens is 440 g/mol. The molecule has 5 saturated heterocycles. The van der Waals surface area contributed by atoms with E-state index in [4.69, 9.17) is 23.7 Å². The molecule has 10 atom stereocenters. The lowest BCUT2D eigenvalue weighted by Crippen LogP contribution is -2.74.